The number of carbonyl (C=O) groups is 1. The van der Waals surface area contributed by atoms with Crippen molar-refractivity contribution in [2.24, 2.45) is 5.92 Å². The molecule has 1 aromatic rings. The Morgan fingerprint density at radius 3 is 2.46 bits per heavy atom. The van der Waals surface area contributed by atoms with Crippen LogP contribution in [0.1, 0.15) is 77.2 Å². The van der Waals surface area contributed by atoms with Crippen molar-refractivity contribution in [1.82, 2.24) is 14.9 Å². The Kier molecular flexibility index (Phi) is 6.79. The zero-order valence-electron chi connectivity index (χ0n) is 16.9. The summed E-state index contributed by atoms with van der Waals surface area (Å²) < 4.78 is 2.34. The molecule has 1 aliphatic carbocycles. The molecular formula is C20H32N4OS. The van der Waals surface area contributed by atoms with E-state index >= 15 is 0 Å². The van der Waals surface area contributed by atoms with Gasteiger partial charge in [-0.05, 0) is 46.5 Å². The SMILES string of the molecule is Cc1nc(SC(C)C(=O)NC(C)(C#N)C(C)C)n(C2CCCCC2)c1C. The van der Waals surface area contributed by atoms with E-state index in [9.17, 15) is 10.1 Å². The molecule has 6 heteroatoms. The number of rotatable bonds is 6. The Morgan fingerprint density at radius 1 is 1.31 bits per heavy atom. The highest BCUT2D eigenvalue weighted by Gasteiger charge is 2.32. The summed E-state index contributed by atoms with van der Waals surface area (Å²) >= 11 is 1.50. The van der Waals surface area contributed by atoms with E-state index in [1.54, 1.807) is 6.92 Å². The van der Waals surface area contributed by atoms with Gasteiger partial charge in [-0.1, -0.05) is 44.9 Å². The minimum Gasteiger partial charge on any atom is -0.337 e. The van der Waals surface area contributed by atoms with Crippen LogP contribution in [0.15, 0.2) is 5.16 Å². The van der Waals surface area contributed by atoms with Crippen molar-refractivity contribution >= 4 is 17.7 Å². The molecule has 5 nitrogen and oxygen atoms in total. The van der Waals surface area contributed by atoms with Crippen molar-refractivity contribution in [1.29, 1.82) is 5.26 Å². The predicted octanol–water partition coefficient (Wildman–Crippen LogP) is 4.54. The number of amides is 1. The van der Waals surface area contributed by atoms with Gasteiger partial charge in [0.2, 0.25) is 5.91 Å². The first kappa shape index (κ1) is 20.8. The number of nitrogens with one attached hydrogen (secondary N) is 1. The normalized spacial score (nSPS) is 19.0. The monoisotopic (exact) mass is 376 g/mol. The molecule has 144 valence electrons. The fourth-order valence-corrected chi connectivity index (χ4v) is 4.39. The second kappa shape index (κ2) is 8.47. The van der Waals surface area contributed by atoms with Crippen LogP contribution in [0.3, 0.4) is 0 Å². The second-order valence-corrected chi connectivity index (χ2v) is 9.25. The van der Waals surface area contributed by atoms with Crippen LogP contribution in [0.4, 0.5) is 0 Å². The molecule has 1 fully saturated rings. The number of thioether (sulfide) groups is 1. The van der Waals surface area contributed by atoms with Gasteiger partial charge in [-0.25, -0.2) is 4.98 Å². The fourth-order valence-electron chi connectivity index (χ4n) is 3.32. The molecule has 0 aromatic carbocycles. The molecule has 0 spiro atoms. The van der Waals surface area contributed by atoms with Gasteiger partial charge in [-0.15, -0.1) is 0 Å². The van der Waals surface area contributed by atoms with Gasteiger partial charge in [-0.2, -0.15) is 5.26 Å². The number of nitrogens with zero attached hydrogens (tertiary/aromatic N) is 3. The average Bonchev–Trinajstić information content (AvgIpc) is 2.89. The summed E-state index contributed by atoms with van der Waals surface area (Å²) in [6.45, 7) is 11.7. The molecule has 2 rings (SSSR count). The lowest BCUT2D eigenvalue weighted by Crippen LogP contribution is -2.51. The van der Waals surface area contributed by atoms with Crippen LogP contribution in [0, 0.1) is 31.1 Å². The molecule has 0 saturated heterocycles. The van der Waals surface area contributed by atoms with Gasteiger partial charge < -0.3 is 9.88 Å². The molecule has 26 heavy (non-hydrogen) atoms. The predicted molar refractivity (Wildman–Crippen MR) is 106 cm³/mol. The summed E-state index contributed by atoms with van der Waals surface area (Å²) in [4.78, 5) is 17.4. The van der Waals surface area contributed by atoms with E-state index in [1.165, 1.54) is 49.6 Å². The molecule has 1 heterocycles. The molecule has 1 aliphatic rings. The molecule has 2 atom stereocenters. The Bertz CT molecular complexity index is 685. The fraction of sp³-hybridized carbons (Fsp3) is 0.750. The van der Waals surface area contributed by atoms with Gasteiger partial charge in [0.1, 0.15) is 5.54 Å². The quantitative estimate of drug-likeness (QED) is 0.740. The summed E-state index contributed by atoms with van der Waals surface area (Å²) in [6.07, 6.45) is 6.20. The van der Waals surface area contributed by atoms with Crippen LogP contribution in [0.2, 0.25) is 0 Å². The molecule has 0 aliphatic heterocycles. The first-order valence-corrected chi connectivity index (χ1v) is 10.5. The van der Waals surface area contributed by atoms with Gasteiger partial charge in [-0.3, -0.25) is 4.79 Å². The van der Waals surface area contributed by atoms with Gasteiger partial charge in [0.15, 0.2) is 5.16 Å². The Morgan fingerprint density at radius 2 is 1.92 bits per heavy atom. The maximum atomic E-state index is 12.7. The third-order valence-electron chi connectivity index (χ3n) is 5.72. The van der Waals surface area contributed by atoms with Crippen LogP contribution in [0.5, 0.6) is 0 Å². The molecule has 2 unspecified atom stereocenters. The van der Waals surface area contributed by atoms with E-state index < -0.39 is 5.54 Å². The molecule has 0 bridgehead atoms. The number of aromatic nitrogens is 2. The molecule has 1 amide bonds. The number of aryl methyl sites for hydroxylation is 1. The van der Waals surface area contributed by atoms with E-state index in [-0.39, 0.29) is 17.1 Å². The van der Waals surface area contributed by atoms with E-state index in [1.807, 2.05) is 27.7 Å². The van der Waals surface area contributed by atoms with E-state index in [2.05, 4.69) is 22.9 Å². The number of nitriles is 1. The van der Waals surface area contributed by atoms with Crippen molar-refractivity contribution in [3.63, 3.8) is 0 Å². The highest BCUT2D eigenvalue weighted by atomic mass is 32.2. The zero-order valence-corrected chi connectivity index (χ0v) is 17.7. The van der Waals surface area contributed by atoms with E-state index in [4.69, 9.17) is 4.98 Å². The van der Waals surface area contributed by atoms with Crippen molar-refractivity contribution in [3.05, 3.63) is 11.4 Å². The molecule has 1 saturated carbocycles. The second-order valence-electron chi connectivity index (χ2n) is 7.95. The van der Waals surface area contributed by atoms with Crippen molar-refractivity contribution in [2.45, 2.75) is 95.6 Å². The zero-order chi connectivity index (χ0) is 19.5. The van der Waals surface area contributed by atoms with Crippen molar-refractivity contribution in [2.75, 3.05) is 0 Å². The summed E-state index contributed by atoms with van der Waals surface area (Å²) in [5, 5.41) is 13.0. The molecule has 0 radical (unpaired) electrons. The third kappa shape index (κ3) is 4.43. The van der Waals surface area contributed by atoms with Crippen LogP contribution >= 0.6 is 11.8 Å². The van der Waals surface area contributed by atoms with Crippen LogP contribution in [-0.2, 0) is 4.79 Å². The van der Waals surface area contributed by atoms with E-state index in [0.29, 0.717) is 6.04 Å². The lowest BCUT2D eigenvalue weighted by Gasteiger charge is -2.29. The van der Waals surface area contributed by atoms with Gasteiger partial charge in [0, 0.05) is 11.7 Å². The highest BCUT2D eigenvalue weighted by Crippen LogP contribution is 2.35. The lowest BCUT2D eigenvalue weighted by atomic mass is 9.90. The first-order valence-electron chi connectivity index (χ1n) is 9.65. The minimum absolute atomic E-state index is 0.0439. The average molecular weight is 377 g/mol. The van der Waals surface area contributed by atoms with E-state index in [0.717, 1.165) is 10.9 Å². The smallest absolute Gasteiger partial charge is 0.234 e. The van der Waals surface area contributed by atoms with Gasteiger partial charge >= 0.3 is 0 Å². The standard InChI is InChI=1S/C20H32N4OS/c1-13(2)20(6,12-21)23-18(25)16(5)26-19-22-14(3)15(4)24(19)17-10-8-7-9-11-17/h13,16-17H,7-11H2,1-6H3,(H,23,25). The van der Waals surface area contributed by atoms with Crippen LogP contribution in [0.25, 0.3) is 0 Å². The minimum atomic E-state index is -0.851. The number of hydrogen-bond acceptors (Lipinski definition) is 4. The highest BCUT2D eigenvalue weighted by molar-refractivity contribution is 8.00. The Labute approximate surface area is 161 Å². The van der Waals surface area contributed by atoms with Crippen LogP contribution < -0.4 is 5.32 Å². The molecule has 1 N–H and O–H groups in total. The Balaban J connectivity index is 2.16. The lowest BCUT2D eigenvalue weighted by molar-refractivity contribution is -0.121. The molecular weight excluding hydrogens is 344 g/mol. The number of hydrogen-bond donors (Lipinski definition) is 1. The summed E-state index contributed by atoms with van der Waals surface area (Å²) in [7, 11) is 0. The van der Waals surface area contributed by atoms with Gasteiger partial charge in [0.05, 0.1) is 17.0 Å². The Hall–Kier alpha value is -1.48. The van der Waals surface area contributed by atoms with Gasteiger partial charge in [0.25, 0.3) is 0 Å². The third-order valence-corrected chi connectivity index (χ3v) is 6.78. The number of imidazole rings is 1. The summed E-state index contributed by atoms with van der Waals surface area (Å²) in [6, 6.07) is 2.73. The maximum absolute atomic E-state index is 12.7. The van der Waals surface area contributed by atoms with Crippen molar-refractivity contribution in [3.8, 4) is 6.07 Å². The summed E-state index contributed by atoms with van der Waals surface area (Å²) in [5.41, 5.74) is 1.39. The van der Waals surface area contributed by atoms with Crippen LogP contribution in [-0.4, -0.2) is 26.2 Å². The molecule has 1 aromatic heterocycles. The summed E-state index contributed by atoms with van der Waals surface area (Å²) in [5.74, 6) is -0.0661. The number of carbonyl (C=O) groups excluding carboxylic acids is 1. The largest absolute Gasteiger partial charge is 0.337 e. The topological polar surface area (TPSA) is 70.7 Å². The first-order chi connectivity index (χ1) is 12.2. The van der Waals surface area contributed by atoms with Crippen molar-refractivity contribution < 1.29 is 4.79 Å². The maximum Gasteiger partial charge on any atom is 0.234 e.